The van der Waals surface area contributed by atoms with Crippen molar-refractivity contribution in [1.82, 2.24) is 0 Å². The van der Waals surface area contributed by atoms with Gasteiger partial charge in [0.25, 0.3) is 0 Å². The number of carbonyl (C=O) groups is 2. The quantitative estimate of drug-likeness (QED) is 0.744. The first kappa shape index (κ1) is 11.6. The molecule has 2 aliphatic rings. The van der Waals surface area contributed by atoms with E-state index < -0.39 is 5.92 Å². The second-order valence-corrected chi connectivity index (χ2v) is 6.94. The Kier molecular flexibility index (Phi) is 2.75. The van der Waals surface area contributed by atoms with E-state index in [4.69, 9.17) is 0 Å². The van der Waals surface area contributed by atoms with Crippen LogP contribution in [0, 0.1) is 18.8 Å². The lowest BCUT2D eigenvalue weighted by molar-refractivity contribution is -0.135. The van der Waals surface area contributed by atoms with Gasteiger partial charge in [0.15, 0.2) is 11.6 Å². The Hall–Kier alpha value is -0.480. The van der Waals surface area contributed by atoms with Crippen LogP contribution in [0.1, 0.15) is 35.6 Å². The predicted octanol–water partition coefficient (Wildman–Crippen LogP) is 3.47. The number of ketones is 2. The van der Waals surface area contributed by atoms with E-state index in [1.54, 1.807) is 11.3 Å². The molecule has 0 aliphatic heterocycles. The molecule has 0 N–H and O–H groups in total. The van der Waals surface area contributed by atoms with Crippen LogP contribution in [0.5, 0.6) is 0 Å². The largest absolute Gasteiger partial charge is 0.298 e. The van der Waals surface area contributed by atoms with Gasteiger partial charge >= 0.3 is 0 Å². The van der Waals surface area contributed by atoms with E-state index in [2.05, 4.69) is 15.9 Å². The summed E-state index contributed by atoms with van der Waals surface area (Å²) in [6.45, 7) is 1.99. The average Bonchev–Trinajstić information content (AvgIpc) is 2.87. The Labute approximate surface area is 113 Å². The average molecular weight is 313 g/mol. The van der Waals surface area contributed by atoms with E-state index in [1.165, 1.54) is 0 Å². The lowest BCUT2D eigenvalue weighted by atomic mass is 9.75. The minimum Gasteiger partial charge on any atom is -0.298 e. The summed E-state index contributed by atoms with van der Waals surface area (Å²) in [6, 6.07) is 0. The van der Waals surface area contributed by atoms with Gasteiger partial charge in [0.1, 0.15) is 5.92 Å². The molecular weight excluding hydrogens is 300 g/mol. The van der Waals surface area contributed by atoms with Crippen molar-refractivity contribution in [1.29, 1.82) is 0 Å². The van der Waals surface area contributed by atoms with Gasteiger partial charge in [-0.3, -0.25) is 9.59 Å². The highest BCUT2D eigenvalue weighted by Gasteiger charge is 2.48. The number of hydrogen-bond acceptors (Lipinski definition) is 3. The highest BCUT2D eigenvalue weighted by atomic mass is 79.9. The molecule has 2 bridgehead atoms. The molecule has 3 atom stereocenters. The van der Waals surface area contributed by atoms with Crippen LogP contribution in [0.25, 0.3) is 0 Å². The fraction of sp³-hybridized carbons (Fsp3) is 0.538. The third kappa shape index (κ3) is 1.65. The first-order valence-corrected chi connectivity index (χ1v) is 7.57. The van der Waals surface area contributed by atoms with Gasteiger partial charge in [0.05, 0.1) is 0 Å². The SMILES string of the molecule is Cc1scc(Br)c1C1C(=O)[C@@H]2CC[C@@H](C2)C1=O. The van der Waals surface area contributed by atoms with Crippen LogP contribution in [-0.4, -0.2) is 11.6 Å². The number of rotatable bonds is 1. The summed E-state index contributed by atoms with van der Waals surface area (Å²) >= 11 is 5.07. The predicted molar refractivity (Wildman–Crippen MR) is 70.3 cm³/mol. The van der Waals surface area contributed by atoms with Crippen LogP contribution < -0.4 is 0 Å². The zero-order chi connectivity index (χ0) is 12.2. The molecule has 1 aromatic rings. The third-order valence-electron chi connectivity index (χ3n) is 4.07. The molecule has 0 amide bonds. The summed E-state index contributed by atoms with van der Waals surface area (Å²) in [4.78, 5) is 25.8. The van der Waals surface area contributed by atoms with E-state index >= 15 is 0 Å². The van der Waals surface area contributed by atoms with E-state index in [-0.39, 0.29) is 23.4 Å². The van der Waals surface area contributed by atoms with Crippen molar-refractivity contribution >= 4 is 38.8 Å². The van der Waals surface area contributed by atoms with E-state index in [0.29, 0.717) is 0 Å². The fourth-order valence-corrected chi connectivity index (χ4v) is 4.87. The number of Topliss-reactive ketones (excluding diaryl/α,β-unsaturated/α-hetero) is 2. The fourth-order valence-electron chi connectivity index (χ4n) is 3.17. The maximum Gasteiger partial charge on any atom is 0.150 e. The second kappa shape index (κ2) is 4.02. The number of thiophene rings is 1. The van der Waals surface area contributed by atoms with Crippen molar-refractivity contribution in [3.8, 4) is 0 Å². The molecule has 0 saturated heterocycles. The highest BCUT2D eigenvalue weighted by Crippen LogP contribution is 2.46. The second-order valence-electron chi connectivity index (χ2n) is 5.00. The molecule has 0 aromatic carbocycles. The van der Waals surface area contributed by atoms with E-state index in [1.807, 2.05) is 12.3 Å². The summed E-state index contributed by atoms with van der Waals surface area (Å²) in [5, 5.41) is 1.97. The summed E-state index contributed by atoms with van der Waals surface area (Å²) in [6.07, 6.45) is 2.62. The molecule has 17 heavy (non-hydrogen) atoms. The summed E-state index contributed by atoms with van der Waals surface area (Å²) < 4.78 is 0.924. The topological polar surface area (TPSA) is 34.1 Å². The first-order valence-electron chi connectivity index (χ1n) is 5.90. The highest BCUT2D eigenvalue weighted by molar-refractivity contribution is 9.10. The minimum absolute atomic E-state index is 0.133. The Morgan fingerprint density at radius 2 is 1.82 bits per heavy atom. The molecule has 3 rings (SSSR count). The van der Waals surface area contributed by atoms with Crippen LogP contribution in [0.3, 0.4) is 0 Å². The lowest BCUT2D eigenvalue weighted by Crippen LogP contribution is -2.35. The molecule has 90 valence electrons. The molecule has 2 aliphatic carbocycles. The molecule has 1 unspecified atom stereocenters. The molecule has 1 aromatic heterocycles. The molecule has 0 radical (unpaired) electrons. The maximum absolute atomic E-state index is 12.4. The number of fused-ring (bicyclic) bond motifs is 2. The molecule has 0 spiro atoms. The van der Waals surface area contributed by atoms with Gasteiger partial charge in [-0.05, 0) is 47.7 Å². The van der Waals surface area contributed by atoms with E-state index in [9.17, 15) is 9.59 Å². The van der Waals surface area contributed by atoms with Crippen LogP contribution >= 0.6 is 27.3 Å². The maximum atomic E-state index is 12.4. The smallest absolute Gasteiger partial charge is 0.150 e. The van der Waals surface area contributed by atoms with Crippen LogP contribution in [0.4, 0.5) is 0 Å². The monoisotopic (exact) mass is 312 g/mol. The molecule has 2 fully saturated rings. The lowest BCUT2D eigenvalue weighted by Gasteiger charge is -2.25. The van der Waals surface area contributed by atoms with Crippen molar-refractivity contribution in [2.45, 2.75) is 32.1 Å². The zero-order valence-corrected chi connectivity index (χ0v) is 11.9. The zero-order valence-electron chi connectivity index (χ0n) is 9.53. The van der Waals surface area contributed by atoms with Gasteiger partial charge in [0, 0.05) is 26.6 Å². The number of halogens is 1. The van der Waals surface area contributed by atoms with Gasteiger partial charge in [-0.25, -0.2) is 0 Å². The molecule has 2 saturated carbocycles. The van der Waals surface area contributed by atoms with Gasteiger partial charge < -0.3 is 0 Å². The van der Waals surface area contributed by atoms with Crippen LogP contribution in [-0.2, 0) is 9.59 Å². The van der Waals surface area contributed by atoms with Gasteiger partial charge in [-0.1, -0.05) is 0 Å². The van der Waals surface area contributed by atoms with E-state index in [0.717, 1.165) is 34.2 Å². The Balaban J connectivity index is 2.08. The van der Waals surface area contributed by atoms with Crippen molar-refractivity contribution < 1.29 is 9.59 Å². The van der Waals surface area contributed by atoms with Crippen LogP contribution in [0.15, 0.2) is 9.85 Å². The Bertz CT molecular complexity index is 464. The van der Waals surface area contributed by atoms with Gasteiger partial charge in [-0.15, -0.1) is 11.3 Å². The number of hydrogen-bond donors (Lipinski definition) is 0. The van der Waals surface area contributed by atoms with Gasteiger partial charge in [-0.2, -0.15) is 0 Å². The van der Waals surface area contributed by atoms with Crippen molar-refractivity contribution in [3.05, 3.63) is 20.3 Å². The summed E-state index contributed by atoms with van der Waals surface area (Å²) in [7, 11) is 0. The Morgan fingerprint density at radius 1 is 1.24 bits per heavy atom. The van der Waals surface area contributed by atoms with Gasteiger partial charge in [0.2, 0.25) is 0 Å². The standard InChI is InChI=1S/C13H13BrO2S/c1-6-10(9(14)5-17-6)11-12(15)7-2-3-8(4-7)13(11)16/h5,7-8,11H,2-4H2,1H3/t7-,8+,11?. The molecule has 1 heterocycles. The third-order valence-corrected chi connectivity index (χ3v) is 5.96. The van der Waals surface area contributed by atoms with Crippen molar-refractivity contribution in [2.24, 2.45) is 11.8 Å². The minimum atomic E-state index is -0.484. The summed E-state index contributed by atoms with van der Waals surface area (Å²) in [5.41, 5.74) is 0.932. The number of carbonyl (C=O) groups excluding carboxylic acids is 2. The summed E-state index contributed by atoms with van der Waals surface area (Å²) in [5.74, 6) is 0.0987. The normalized spacial score (nSPS) is 32.2. The van der Waals surface area contributed by atoms with Crippen molar-refractivity contribution in [3.63, 3.8) is 0 Å². The number of aryl methyl sites for hydroxylation is 1. The first-order chi connectivity index (χ1) is 8.09. The molecule has 4 heteroatoms. The van der Waals surface area contributed by atoms with Crippen molar-refractivity contribution in [2.75, 3.05) is 0 Å². The molecule has 2 nitrogen and oxygen atoms in total. The molecular formula is C13H13BrO2S. The Morgan fingerprint density at radius 3 is 2.29 bits per heavy atom. The van der Waals surface area contributed by atoms with Crippen LogP contribution in [0.2, 0.25) is 0 Å².